The maximum Gasteiger partial charge on any atom is 0.276 e. The summed E-state index contributed by atoms with van der Waals surface area (Å²) in [5, 5.41) is 14.2. The van der Waals surface area contributed by atoms with E-state index >= 15 is 0 Å². The number of carbonyl (C=O) groups excluding carboxylic acids is 1. The Bertz CT molecular complexity index is 993. The number of hydrogen-bond donors (Lipinski definition) is 1. The van der Waals surface area contributed by atoms with Gasteiger partial charge in [0.25, 0.3) is 11.6 Å². The molecule has 9 heteroatoms. The number of benzene rings is 2. The number of hydrogen-bond acceptors (Lipinski definition) is 5. The van der Waals surface area contributed by atoms with Gasteiger partial charge in [-0.25, -0.2) is 0 Å². The van der Waals surface area contributed by atoms with Crippen molar-refractivity contribution in [2.24, 2.45) is 0 Å². The third-order valence-corrected chi connectivity index (χ3v) is 4.88. The molecule has 0 atom stereocenters. The van der Waals surface area contributed by atoms with Gasteiger partial charge < -0.3 is 10.1 Å². The monoisotopic (exact) mass is 461 g/mol. The molecule has 1 aliphatic rings. The highest BCUT2D eigenvalue weighted by molar-refractivity contribution is 9.10. The van der Waals surface area contributed by atoms with Crippen LogP contribution in [0.3, 0.4) is 0 Å². The van der Waals surface area contributed by atoms with Crippen LogP contribution >= 0.6 is 28.1 Å². The van der Waals surface area contributed by atoms with Crippen molar-refractivity contribution in [3.8, 4) is 5.75 Å². The summed E-state index contributed by atoms with van der Waals surface area (Å²) in [5.41, 5.74) is 1.72. The zero-order valence-electron chi connectivity index (χ0n) is 14.8. The van der Waals surface area contributed by atoms with Gasteiger partial charge in [-0.15, -0.1) is 0 Å². The lowest BCUT2D eigenvalue weighted by Gasteiger charge is -2.11. The molecule has 0 aliphatic carbocycles. The molecule has 1 fully saturated rings. The summed E-state index contributed by atoms with van der Waals surface area (Å²) in [5.74, 6) is 0.342. The molecule has 1 amide bonds. The Hall–Kier alpha value is -2.78. The molecule has 0 radical (unpaired) electrons. The van der Waals surface area contributed by atoms with Crippen molar-refractivity contribution in [2.45, 2.75) is 13.5 Å². The number of nitro benzene ring substituents is 1. The summed E-state index contributed by atoms with van der Waals surface area (Å²) >= 11 is 8.59. The quantitative estimate of drug-likeness (QED) is 0.302. The normalized spacial score (nSPS) is 15.1. The minimum atomic E-state index is -0.446. The molecule has 7 nitrogen and oxygen atoms in total. The molecular weight excluding hydrogens is 446 g/mol. The number of nitrogens with one attached hydrogen (secondary N) is 1. The van der Waals surface area contributed by atoms with Gasteiger partial charge in [0.15, 0.2) is 5.11 Å². The molecule has 2 aromatic carbocycles. The van der Waals surface area contributed by atoms with Crippen molar-refractivity contribution < 1.29 is 14.5 Å². The van der Waals surface area contributed by atoms with Gasteiger partial charge >= 0.3 is 0 Å². The smallest absolute Gasteiger partial charge is 0.276 e. The van der Waals surface area contributed by atoms with Gasteiger partial charge in [0.2, 0.25) is 0 Å². The summed E-state index contributed by atoms with van der Waals surface area (Å²) in [6, 6.07) is 11.7. The van der Waals surface area contributed by atoms with Gasteiger partial charge in [0.05, 0.1) is 4.92 Å². The molecule has 0 spiro atoms. The van der Waals surface area contributed by atoms with Crippen LogP contribution in [0.15, 0.2) is 52.6 Å². The molecule has 28 heavy (non-hydrogen) atoms. The van der Waals surface area contributed by atoms with Gasteiger partial charge in [0.1, 0.15) is 18.1 Å². The van der Waals surface area contributed by atoms with Gasteiger partial charge in [-0.1, -0.05) is 28.1 Å². The van der Waals surface area contributed by atoms with E-state index < -0.39 is 4.92 Å². The third-order valence-electron chi connectivity index (χ3n) is 4.07. The molecule has 1 N–H and O–H groups in total. The Kier molecular flexibility index (Phi) is 6.05. The Morgan fingerprint density at radius 2 is 2.11 bits per heavy atom. The molecule has 144 valence electrons. The second-order valence-corrected chi connectivity index (χ2v) is 7.24. The van der Waals surface area contributed by atoms with E-state index in [1.54, 1.807) is 24.3 Å². The van der Waals surface area contributed by atoms with Crippen LogP contribution in [-0.2, 0) is 11.4 Å². The van der Waals surface area contributed by atoms with Crippen LogP contribution in [0.1, 0.15) is 18.1 Å². The lowest BCUT2D eigenvalue weighted by Crippen LogP contribution is -2.30. The molecule has 3 rings (SSSR count). The lowest BCUT2D eigenvalue weighted by atomic mass is 10.1. The minimum Gasteiger partial charge on any atom is -0.488 e. The second kappa shape index (κ2) is 8.49. The number of nitro groups is 1. The van der Waals surface area contributed by atoms with Crippen LogP contribution in [0.5, 0.6) is 5.75 Å². The fourth-order valence-electron chi connectivity index (χ4n) is 2.70. The highest BCUT2D eigenvalue weighted by Gasteiger charge is 2.29. The van der Waals surface area contributed by atoms with Gasteiger partial charge in [-0.05, 0) is 49.0 Å². The van der Waals surface area contributed by atoms with E-state index in [1.807, 2.05) is 19.1 Å². The maximum absolute atomic E-state index is 12.4. The molecule has 0 bridgehead atoms. The zero-order chi connectivity index (χ0) is 20.3. The first-order valence-electron chi connectivity index (χ1n) is 8.39. The summed E-state index contributed by atoms with van der Waals surface area (Å²) in [6.07, 6.45) is 1.68. The van der Waals surface area contributed by atoms with Crippen molar-refractivity contribution >= 4 is 50.9 Å². The van der Waals surface area contributed by atoms with E-state index in [9.17, 15) is 14.9 Å². The summed E-state index contributed by atoms with van der Waals surface area (Å²) < 4.78 is 6.69. The van der Waals surface area contributed by atoms with Crippen LogP contribution in [0.25, 0.3) is 6.08 Å². The third kappa shape index (κ3) is 4.37. The van der Waals surface area contributed by atoms with Crippen molar-refractivity contribution in [1.82, 2.24) is 10.2 Å². The van der Waals surface area contributed by atoms with E-state index in [0.29, 0.717) is 34.2 Å². The van der Waals surface area contributed by atoms with E-state index in [2.05, 4.69) is 21.2 Å². The number of non-ortho nitro benzene ring substituents is 1. The average molecular weight is 462 g/mol. The van der Waals surface area contributed by atoms with Gasteiger partial charge in [-0.3, -0.25) is 19.8 Å². The highest BCUT2D eigenvalue weighted by atomic mass is 79.9. The fourth-order valence-corrected chi connectivity index (χ4v) is 3.40. The van der Waals surface area contributed by atoms with Crippen LogP contribution in [0.2, 0.25) is 0 Å². The average Bonchev–Trinajstić information content (AvgIpc) is 2.94. The number of rotatable bonds is 6. The van der Waals surface area contributed by atoms with E-state index in [4.69, 9.17) is 17.0 Å². The van der Waals surface area contributed by atoms with E-state index in [-0.39, 0.29) is 18.2 Å². The second-order valence-electron chi connectivity index (χ2n) is 5.94. The number of thiocarbonyl (C=S) groups is 1. The number of amides is 1. The fraction of sp³-hybridized carbons (Fsp3) is 0.158. The summed E-state index contributed by atoms with van der Waals surface area (Å²) in [6.45, 7) is 2.48. The predicted molar refractivity (Wildman–Crippen MR) is 113 cm³/mol. The first-order chi connectivity index (χ1) is 13.4. The Morgan fingerprint density at radius 3 is 2.79 bits per heavy atom. The molecule has 0 aromatic heterocycles. The standard InChI is InChI=1S/C19H16BrN3O4S/c1-2-22-18(24)16(21-19(22)28)10-13-9-14(20)6-7-17(13)27-11-12-4-3-5-15(8-12)23(25)26/h3-10H,2,11H2,1H3,(H,21,28)/b16-10-. The summed E-state index contributed by atoms with van der Waals surface area (Å²) in [4.78, 5) is 24.4. The molecular formula is C19H16BrN3O4S. The molecule has 1 aliphatic heterocycles. The zero-order valence-corrected chi connectivity index (χ0v) is 17.2. The molecule has 0 unspecified atom stereocenters. The van der Waals surface area contributed by atoms with Crippen LogP contribution < -0.4 is 10.1 Å². The lowest BCUT2D eigenvalue weighted by molar-refractivity contribution is -0.384. The topological polar surface area (TPSA) is 84.7 Å². The number of likely N-dealkylation sites (N-methyl/N-ethyl adjacent to an activating group) is 1. The van der Waals surface area contributed by atoms with Gasteiger partial charge in [0, 0.05) is 28.7 Å². The number of ether oxygens (including phenoxy) is 1. The highest BCUT2D eigenvalue weighted by Crippen LogP contribution is 2.27. The first-order valence-corrected chi connectivity index (χ1v) is 9.59. The van der Waals surface area contributed by atoms with E-state index in [0.717, 1.165) is 4.47 Å². The van der Waals surface area contributed by atoms with Crippen molar-refractivity contribution in [3.05, 3.63) is 73.9 Å². The Labute approximate surface area is 175 Å². The molecule has 2 aromatic rings. The Balaban J connectivity index is 1.85. The first kappa shape index (κ1) is 20.0. The maximum atomic E-state index is 12.4. The number of nitrogens with zero attached hydrogens (tertiary/aromatic N) is 2. The number of halogens is 1. The van der Waals surface area contributed by atoms with Crippen molar-refractivity contribution in [3.63, 3.8) is 0 Å². The molecule has 0 saturated carbocycles. The van der Waals surface area contributed by atoms with Crippen molar-refractivity contribution in [1.29, 1.82) is 0 Å². The summed E-state index contributed by atoms with van der Waals surface area (Å²) in [7, 11) is 0. The Morgan fingerprint density at radius 1 is 1.32 bits per heavy atom. The largest absolute Gasteiger partial charge is 0.488 e. The minimum absolute atomic E-state index is 0.00756. The number of carbonyl (C=O) groups is 1. The van der Waals surface area contributed by atoms with Gasteiger partial charge in [-0.2, -0.15) is 0 Å². The SMILES string of the molecule is CCN1C(=O)/C(=C/c2cc(Br)ccc2OCc2cccc([N+](=O)[O-])c2)NC1=S. The van der Waals surface area contributed by atoms with Crippen molar-refractivity contribution in [2.75, 3.05) is 6.54 Å². The van der Waals surface area contributed by atoms with Crippen LogP contribution in [0.4, 0.5) is 5.69 Å². The van der Waals surface area contributed by atoms with E-state index in [1.165, 1.54) is 17.0 Å². The molecule has 1 saturated heterocycles. The van der Waals surface area contributed by atoms with Crippen LogP contribution in [0, 0.1) is 10.1 Å². The predicted octanol–water partition coefficient (Wildman–Crippen LogP) is 4.01. The molecule has 1 heterocycles. The van der Waals surface area contributed by atoms with Crippen LogP contribution in [-0.4, -0.2) is 27.4 Å².